The van der Waals surface area contributed by atoms with Gasteiger partial charge in [-0.25, -0.2) is 9.50 Å². The normalized spacial score (nSPS) is 10.5. The minimum Gasteiger partial charge on any atom is -0.211 e. The molecule has 17 heavy (non-hydrogen) atoms. The number of pyridine rings is 1. The molecule has 5 heteroatoms. The quantitative estimate of drug-likeness (QED) is 0.690. The van der Waals surface area contributed by atoms with Gasteiger partial charge in [-0.05, 0) is 23.6 Å². The van der Waals surface area contributed by atoms with Gasteiger partial charge in [-0.3, -0.25) is 0 Å². The van der Waals surface area contributed by atoms with Gasteiger partial charge in [0, 0.05) is 11.3 Å². The van der Waals surface area contributed by atoms with Crippen molar-refractivity contribution in [2.24, 2.45) is 0 Å². The summed E-state index contributed by atoms with van der Waals surface area (Å²) in [6, 6.07) is 11.6. The molecule has 0 spiro atoms. The average molecular weight is 240 g/mol. The first-order valence-corrected chi connectivity index (χ1v) is 6.02. The zero-order chi connectivity index (χ0) is 11.7. The molecule has 0 saturated carbocycles. The number of hydrogen-bond acceptors (Lipinski definition) is 4. The van der Waals surface area contributed by atoms with Gasteiger partial charge in [0.05, 0.1) is 0 Å². The highest BCUT2D eigenvalue weighted by Crippen LogP contribution is 2.13. The van der Waals surface area contributed by atoms with Crippen LogP contribution < -0.4 is 0 Å². The van der Waals surface area contributed by atoms with Gasteiger partial charge in [-0.1, -0.05) is 12.1 Å². The summed E-state index contributed by atoms with van der Waals surface area (Å²) in [4.78, 5) is 5.63. The van der Waals surface area contributed by atoms with Crippen molar-refractivity contribution in [3.05, 3.63) is 52.1 Å². The first-order valence-electron chi connectivity index (χ1n) is 5.14. The van der Waals surface area contributed by atoms with Crippen molar-refractivity contribution in [3.63, 3.8) is 0 Å². The summed E-state index contributed by atoms with van der Waals surface area (Å²) in [6.07, 6.45) is 0.713. The van der Waals surface area contributed by atoms with Crippen LogP contribution in [0.1, 0.15) is 16.4 Å². The number of hydrogen-bond donors (Lipinski definition) is 0. The second-order valence-corrected chi connectivity index (χ2v) is 4.61. The lowest BCUT2D eigenvalue weighted by molar-refractivity contribution is 0.892. The predicted molar refractivity (Wildman–Crippen MR) is 64.8 cm³/mol. The lowest BCUT2D eigenvalue weighted by Gasteiger charge is -1.91. The van der Waals surface area contributed by atoms with Gasteiger partial charge in [0.1, 0.15) is 11.8 Å². The molecule has 0 N–H and O–H groups in total. The Balaban J connectivity index is 2.05. The van der Waals surface area contributed by atoms with Gasteiger partial charge >= 0.3 is 0 Å². The zero-order valence-electron chi connectivity index (χ0n) is 8.87. The van der Waals surface area contributed by atoms with Crippen LogP contribution >= 0.6 is 11.3 Å². The molecule has 0 aromatic carbocycles. The first kappa shape index (κ1) is 10.00. The fourth-order valence-electron chi connectivity index (χ4n) is 1.68. The molecule has 0 atom stereocenters. The number of aromatic nitrogens is 3. The van der Waals surface area contributed by atoms with Crippen molar-refractivity contribution >= 4 is 17.0 Å². The van der Waals surface area contributed by atoms with Crippen molar-refractivity contribution in [1.82, 2.24) is 14.6 Å². The lowest BCUT2D eigenvalue weighted by atomic mass is 10.3. The molecule has 3 rings (SSSR count). The van der Waals surface area contributed by atoms with E-state index in [0.29, 0.717) is 12.1 Å². The maximum absolute atomic E-state index is 8.96. The second kappa shape index (κ2) is 4.00. The van der Waals surface area contributed by atoms with Crippen LogP contribution in [0.15, 0.2) is 35.7 Å². The number of nitrogens with zero attached hydrogens (tertiary/aromatic N) is 4. The Bertz CT molecular complexity index is 691. The van der Waals surface area contributed by atoms with Gasteiger partial charge < -0.3 is 0 Å². The first-order chi connectivity index (χ1) is 8.36. The summed E-state index contributed by atoms with van der Waals surface area (Å²) in [5.41, 5.74) is 1.23. The molecular weight excluding hydrogens is 232 g/mol. The van der Waals surface area contributed by atoms with E-state index in [1.54, 1.807) is 21.9 Å². The molecule has 0 radical (unpaired) electrons. The summed E-state index contributed by atoms with van der Waals surface area (Å²) in [6.45, 7) is 0. The third-order valence-electron chi connectivity index (χ3n) is 2.43. The zero-order valence-corrected chi connectivity index (χ0v) is 9.68. The Morgan fingerprint density at radius 1 is 1.29 bits per heavy atom. The van der Waals surface area contributed by atoms with Crippen LogP contribution in [0.4, 0.5) is 0 Å². The van der Waals surface area contributed by atoms with Crippen molar-refractivity contribution in [2.75, 3.05) is 0 Å². The third-order valence-corrected chi connectivity index (χ3v) is 3.31. The maximum Gasteiger partial charge on any atom is 0.157 e. The number of fused-ring (bicyclic) bond motifs is 1. The van der Waals surface area contributed by atoms with Crippen molar-refractivity contribution in [1.29, 1.82) is 5.26 Å². The summed E-state index contributed by atoms with van der Waals surface area (Å²) in [5, 5.41) is 15.3. The summed E-state index contributed by atoms with van der Waals surface area (Å²) in [7, 11) is 0. The van der Waals surface area contributed by atoms with Crippen LogP contribution in [-0.2, 0) is 6.42 Å². The molecule has 0 amide bonds. The van der Waals surface area contributed by atoms with E-state index in [2.05, 4.69) is 22.2 Å². The Kier molecular flexibility index (Phi) is 2.35. The Morgan fingerprint density at radius 2 is 2.24 bits per heavy atom. The van der Waals surface area contributed by atoms with E-state index in [9.17, 15) is 0 Å². The summed E-state index contributed by atoms with van der Waals surface area (Å²) < 4.78 is 1.59. The molecule has 0 aliphatic carbocycles. The van der Waals surface area contributed by atoms with Gasteiger partial charge in [0.2, 0.25) is 0 Å². The highest BCUT2D eigenvalue weighted by atomic mass is 32.1. The van der Waals surface area contributed by atoms with E-state index in [1.807, 2.05) is 23.6 Å². The smallest absolute Gasteiger partial charge is 0.157 e. The molecule has 3 aromatic rings. The fourth-order valence-corrected chi connectivity index (χ4v) is 2.38. The van der Waals surface area contributed by atoms with E-state index < -0.39 is 0 Å². The highest BCUT2D eigenvalue weighted by molar-refractivity contribution is 7.09. The molecule has 0 fully saturated rings. The summed E-state index contributed by atoms with van der Waals surface area (Å²) in [5.74, 6) is 0.746. The fraction of sp³-hybridized carbons (Fsp3) is 0.0833. The molecule has 3 aromatic heterocycles. The van der Waals surface area contributed by atoms with Crippen LogP contribution in [0.5, 0.6) is 0 Å². The average Bonchev–Trinajstić information content (AvgIpc) is 2.97. The molecule has 0 aliphatic rings. The van der Waals surface area contributed by atoms with Gasteiger partial charge in [-0.15, -0.1) is 16.4 Å². The predicted octanol–water partition coefficient (Wildman–Crippen LogP) is 2.25. The van der Waals surface area contributed by atoms with Crippen molar-refractivity contribution in [3.8, 4) is 6.07 Å². The monoisotopic (exact) mass is 240 g/mol. The molecule has 0 bridgehead atoms. The molecular formula is C12H8N4S. The topological polar surface area (TPSA) is 54.0 Å². The van der Waals surface area contributed by atoms with Crippen LogP contribution in [0.25, 0.3) is 5.65 Å². The van der Waals surface area contributed by atoms with Gasteiger partial charge in [0.25, 0.3) is 0 Å². The van der Waals surface area contributed by atoms with Gasteiger partial charge in [0.15, 0.2) is 11.5 Å². The molecule has 3 heterocycles. The lowest BCUT2D eigenvalue weighted by Crippen LogP contribution is -1.94. The Morgan fingerprint density at radius 3 is 3.00 bits per heavy atom. The Labute approximate surface area is 102 Å². The van der Waals surface area contributed by atoms with E-state index in [1.165, 1.54) is 4.88 Å². The van der Waals surface area contributed by atoms with E-state index in [4.69, 9.17) is 5.26 Å². The number of rotatable bonds is 2. The SMILES string of the molecule is N#Cc1cccc2nc(Cc3cccs3)nn12. The largest absolute Gasteiger partial charge is 0.211 e. The van der Waals surface area contributed by atoms with E-state index in [-0.39, 0.29) is 0 Å². The maximum atomic E-state index is 8.96. The Hall–Kier alpha value is -2.19. The van der Waals surface area contributed by atoms with Crippen molar-refractivity contribution in [2.45, 2.75) is 6.42 Å². The van der Waals surface area contributed by atoms with Crippen LogP contribution in [-0.4, -0.2) is 14.6 Å². The van der Waals surface area contributed by atoms with Crippen LogP contribution in [0.3, 0.4) is 0 Å². The second-order valence-electron chi connectivity index (χ2n) is 3.58. The highest BCUT2D eigenvalue weighted by Gasteiger charge is 2.07. The van der Waals surface area contributed by atoms with Crippen LogP contribution in [0, 0.1) is 11.3 Å². The summed E-state index contributed by atoms with van der Waals surface area (Å²) >= 11 is 1.68. The van der Waals surface area contributed by atoms with Crippen LogP contribution in [0.2, 0.25) is 0 Å². The molecule has 82 valence electrons. The minimum atomic E-state index is 0.507. The standard InChI is InChI=1S/C12H8N4S/c13-8-9-3-1-5-12-14-11(15-16(9)12)7-10-4-2-6-17-10/h1-6H,7H2. The molecule has 4 nitrogen and oxygen atoms in total. The molecule has 0 unspecified atom stereocenters. The minimum absolute atomic E-state index is 0.507. The molecule has 0 aliphatic heterocycles. The van der Waals surface area contributed by atoms with Crippen molar-refractivity contribution < 1.29 is 0 Å². The van der Waals surface area contributed by atoms with E-state index >= 15 is 0 Å². The third kappa shape index (κ3) is 1.79. The number of nitriles is 1. The molecule has 0 saturated heterocycles. The van der Waals surface area contributed by atoms with E-state index in [0.717, 1.165) is 11.5 Å². The number of thiophene rings is 1. The van der Waals surface area contributed by atoms with Gasteiger partial charge in [-0.2, -0.15) is 5.26 Å².